The summed E-state index contributed by atoms with van der Waals surface area (Å²) in [6, 6.07) is 6.88. The Labute approximate surface area is 239 Å². The number of methoxy groups -OCH3 is 1. The van der Waals surface area contributed by atoms with Crippen molar-refractivity contribution in [3.8, 4) is 5.75 Å². The number of carbonyl (C=O) groups is 3. The highest BCUT2D eigenvalue weighted by Crippen LogP contribution is 2.26. The van der Waals surface area contributed by atoms with Gasteiger partial charge < -0.3 is 35.7 Å². The number of nitrogens with one attached hydrogen (secondary N) is 2. The van der Waals surface area contributed by atoms with Crippen molar-refractivity contribution in [1.82, 2.24) is 10.6 Å². The van der Waals surface area contributed by atoms with Gasteiger partial charge in [0.05, 0.1) is 30.4 Å². The molecule has 5 N–H and O–H groups in total. The van der Waals surface area contributed by atoms with E-state index in [-0.39, 0.29) is 18.7 Å². The number of rotatable bonds is 18. The molecule has 0 saturated heterocycles. The van der Waals surface area contributed by atoms with Crippen LogP contribution in [0.4, 0.5) is 0 Å². The Morgan fingerprint density at radius 2 is 1.73 bits per heavy atom. The van der Waals surface area contributed by atoms with Gasteiger partial charge in [-0.15, -0.1) is 0 Å². The highest BCUT2D eigenvalue weighted by atomic mass is 16.6. The standard InChI is InChI=1S/C30H51N3O7/c1-8-9-15-32-27(35)21(3)19-24(34)23(29(37)40-30(4,5)6)18-20(2)26(31)33-28(36)22-13-10-11-14-25(22)39-17-12-16-38-7/h10-11,13-14,20-21,23-24,26,34H,8-9,12,15-19,31H2,1-7H3,(H,32,35)(H,33,36)/t20-,21-,23+,24+,26?/m1/s1. The van der Waals surface area contributed by atoms with Crippen LogP contribution >= 0.6 is 0 Å². The third-order valence-corrected chi connectivity index (χ3v) is 6.46. The summed E-state index contributed by atoms with van der Waals surface area (Å²) in [5.74, 6) is -2.55. The van der Waals surface area contributed by atoms with Crippen molar-refractivity contribution in [2.75, 3.05) is 26.9 Å². The van der Waals surface area contributed by atoms with Gasteiger partial charge in [-0.2, -0.15) is 0 Å². The fraction of sp³-hybridized carbons (Fsp3) is 0.700. The highest BCUT2D eigenvalue weighted by Gasteiger charge is 2.35. The van der Waals surface area contributed by atoms with Crippen LogP contribution in [0.3, 0.4) is 0 Å². The number of para-hydroxylation sites is 1. The number of esters is 1. The second kappa shape index (κ2) is 17.9. The van der Waals surface area contributed by atoms with E-state index < -0.39 is 47.5 Å². The SMILES string of the molecule is CCCCNC(=O)[C@H](C)C[C@H](O)[C@H](C[C@@H](C)C(N)NC(=O)c1ccccc1OCCCOC)C(=O)OC(C)(C)C. The lowest BCUT2D eigenvalue weighted by molar-refractivity contribution is -0.165. The minimum absolute atomic E-state index is 0.0873. The van der Waals surface area contributed by atoms with E-state index in [0.29, 0.717) is 37.5 Å². The average molecular weight is 566 g/mol. The first kappa shape index (κ1) is 35.3. The largest absolute Gasteiger partial charge is 0.493 e. The molecule has 1 unspecified atom stereocenters. The third kappa shape index (κ3) is 13.1. The number of carbonyl (C=O) groups excluding carboxylic acids is 3. The maximum atomic E-state index is 13.1. The van der Waals surface area contributed by atoms with Crippen LogP contribution in [-0.4, -0.2) is 67.6 Å². The molecule has 10 heteroatoms. The first-order valence-corrected chi connectivity index (χ1v) is 14.3. The summed E-state index contributed by atoms with van der Waals surface area (Å²) in [5.41, 5.74) is 5.93. The minimum atomic E-state index is -1.13. The molecule has 0 aliphatic rings. The lowest BCUT2D eigenvalue weighted by Gasteiger charge is -2.31. The van der Waals surface area contributed by atoms with Crippen molar-refractivity contribution in [3.63, 3.8) is 0 Å². The number of nitrogens with two attached hydrogens (primary N) is 1. The molecule has 10 nitrogen and oxygen atoms in total. The molecule has 1 rings (SSSR count). The molecule has 0 spiro atoms. The van der Waals surface area contributed by atoms with E-state index in [9.17, 15) is 19.5 Å². The summed E-state index contributed by atoms with van der Waals surface area (Å²) in [6.07, 6.45) is 0.790. The van der Waals surface area contributed by atoms with Gasteiger partial charge in [0, 0.05) is 32.6 Å². The highest BCUT2D eigenvalue weighted by molar-refractivity contribution is 5.97. The van der Waals surface area contributed by atoms with Crippen LogP contribution in [0.1, 0.15) is 84.0 Å². The van der Waals surface area contributed by atoms with Crippen molar-refractivity contribution < 1.29 is 33.7 Å². The Morgan fingerprint density at radius 1 is 1.05 bits per heavy atom. The van der Waals surface area contributed by atoms with Gasteiger partial charge in [0.15, 0.2) is 0 Å². The molecule has 0 aromatic heterocycles. The smallest absolute Gasteiger partial charge is 0.312 e. The average Bonchev–Trinajstić information content (AvgIpc) is 2.88. The lowest BCUT2D eigenvalue weighted by atomic mass is 9.85. The molecule has 1 aromatic rings. The van der Waals surface area contributed by atoms with Crippen molar-refractivity contribution in [1.29, 1.82) is 0 Å². The van der Waals surface area contributed by atoms with Gasteiger partial charge in [-0.05, 0) is 58.1 Å². The number of amides is 2. The molecule has 0 radical (unpaired) electrons. The predicted octanol–water partition coefficient (Wildman–Crippen LogP) is 3.40. The van der Waals surface area contributed by atoms with Crippen LogP contribution in [0.5, 0.6) is 5.75 Å². The fourth-order valence-corrected chi connectivity index (χ4v) is 4.07. The summed E-state index contributed by atoms with van der Waals surface area (Å²) < 4.78 is 16.4. The number of ether oxygens (including phenoxy) is 3. The molecular formula is C30H51N3O7. The van der Waals surface area contributed by atoms with Crippen molar-refractivity contribution in [3.05, 3.63) is 29.8 Å². The van der Waals surface area contributed by atoms with E-state index in [1.54, 1.807) is 66.0 Å². The second-order valence-electron chi connectivity index (χ2n) is 11.4. The number of aliphatic hydroxyl groups is 1. The van der Waals surface area contributed by atoms with Crippen molar-refractivity contribution in [2.45, 2.75) is 91.5 Å². The Balaban J connectivity index is 2.93. The van der Waals surface area contributed by atoms with Gasteiger partial charge in [-0.25, -0.2) is 0 Å². The minimum Gasteiger partial charge on any atom is -0.493 e. The predicted molar refractivity (Wildman–Crippen MR) is 155 cm³/mol. The maximum absolute atomic E-state index is 13.1. The molecule has 1 aromatic carbocycles. The summed E-state index contributed by atoms with van der Waals surface area (Å²) in [6.45, 7) is 12.3. The number of hydrogen-bond donors (Lipinski definition) is 4. The summed E-state index contributed by atoms with van der Waals surface area (Å²) in [7, 11) is 1.61. The molecule has 0 fully saturated rings. The van der Waals surface area contributed by atoms with Crippen LogP contribution in [0, 0.1) is 17.8 Å². The Morgan fingerprint density at radius 3 is 2.35 bits per heavy atom. The van der Waals surface area contributed by atoms with Crippen LogP contribution in [0.2, 0.25) is 0 Å². The van der Waals surface area contributed by atoms with E-state index in [2.05, 4.69) is 10.6 Å². The van der Waals surface area contributed by atoms with Gasteiger partial charge in [-0.3, -0.25) is 14.4 Å². The van der Waals surface area contributed by atoms with Gasteiger partial charge >= 0.3 is 5.97 Å². The van der Waals surface area contributed by atoms with Gasteiger partial charge in [0.25, 0.3) is 5.91 Å². The molecule has 228 valence electrons. The second-order valence-corrected chi connectivity index (χ2v) is 11.4. The molecular weight excluding hydrogens is 514 g/mol. The zero-order valence-electron chi connectivity index (χ0n) is 25.3. The Hall–Kier alpha value is -2.69. The van der Waals surface area contributed by atoms with Crippen LogP contribution in [0.25, 0.3) is 0 Å². The molecule has 0 heterocycles. The van der Waals surface area contributed by atoms with E-state index in [0.717, 1.165) is 12.8 Å². The van der Waals surface area contributed by atoms with Gasteiger partial charge in [0.1, 0.15) is 11.4 Å². The summed E-state index contributed by atoms with van der Waals surface area (Å²) in [4.78, 5) is 38.6. The van der Waals surface area contributed by atoms with Crippen molar-refractivity contribution in [2.24, 2.45) is 23.5 Å². The number of aliphatic hydroxyl groups excluding tert-OH is 1. The monoisotopic (exact) mass is 565 g/mol. The molecule has 0 saturated carbocycles. The summed E-state index contributed by atoms with van der Waals surface area (Å²) >= 11 is 0. The normalized spacial score (nSPS) is 15.3. The van der Waals surface area contributed by atoms with Gasteiger partial charge in [0.2, 0.25) is 5.91 Å². The Bertz CT molecular complexity index is 919. The van der Waals surface area contributed by atoms with E-state index >= 15 is 0 Å². The van der Waals surface area contributed by atoms with Crippen LogP contribution in [0.15, 0.2) is 24.3 Å². The number of hydrogen-bond acceptors (Lipinski definition) is 8. The zero-order valence-corrected chi connectivity index (χ0v) is 25.3. The summed E-state index contributed by atoms with van der Waals surface area (Å²) in [5, 5.41) is 16.7. The molecule has 0 bridgehead atoms. The first-order chi connectivity index (χ1) is 18.8. The van der Waals surface area contributed by atoms with E-state index in [1.807, 2.05) is 6.92 Å². The van der Waals surface area contributed by atoms with Crippen LogP contribution < -0.4 is 21.1 Å². The zero-order chi connectivity index (χ0) is 30.3. The van der Waals surface area contributed by atoms with Crippen molar-refractivity contribution >= 4 is 17.8 Å². The first-order valence-electron chi connectivity index (χ1n) is 14.3. The van der Waals surface area contributed by atoms with Crippen LogP contribution in [-0.2, 0) is 19.1 Å². The molecule has 0 aliphatic carbocycles. The molecule has 2 amide bonds. The number of benzene rings is 1. The Kier molecular flexibility index (Phi) is 15.8. The lowest BCUT2D eigenvalue weighted by Crippen LogP contribution is -2.48. The molecule has 0 aliphatic heterocycles. The fourth-order valence-electron chi connectivity index (χ4n) is 4.07. The quantitative estimate of drug-likeness (QED) is 0.120. The number of unbranched alkanes of at least 4 members (excludes halogenated alkanes) is 1. The maximum Gasteiger partial charge on any atom is 0.312 e. The van der Waals surface area contributed by atoms with Gasteiger partial charge in [-0.1, -0.05) is 39.3 Å². The molecule has 5 atom stereocenters. The topological polar surface area (TPSA) is 149 Å². The third-order valence-electron chi connectivity index (χ3n) is 6.46. The van der Waals surface area contributed by atoms with E-state index in [4.69, 9.17) is 19.9 Å². The molecule has 40 heavy (non-hydrogen) atoms. The van der Waals surface area contributed by atoms with E-state index in [1.165, 1.54) is 0 Å².